The van der Waals surface area contributed by atoms with Gasteiger partial charge in [0.15, 0.2) is 11.6 Å². The summed E-state index contributed by atoms with van der Waals surface area (Å²) in [4.78, 5) is 19.3. The molecule has 7 nitrogen and oxygen atoms in total. The Hall–Kier alpha value is -3.29. The van der Waals surface area contributed by atoms with E-state index in [0.29, 0.717) is 34.8 Å². The van der Waals surface area contributed by atoms with Crippen LogP contribution in [0, 0.1) is 0 Å². The molecular formula is C26H30N6O. The summed E-state index contributed by atoms with van der Waals surface area (Å²) in [7, 11) is 0. The molecule has 170 valence electrons. The topological polar surface area (TPSA) is 70.3 Å². The summed E-state index contributed by atoms with van der Waals surface area (Å²) >= 11 is 0. The Balaban J connectivity index is 1.43. The summed E-state index contributed by atoms with van der Waals surface area (Å²) < 4.78 is 6.16. The SMILES string of the molecule is CCN1CCN([C@@H](C)CNc2nc(-c3ccccc3)nc3nc(-c4ccccc4)oc23)CC1. The lowest BCUT2D eigenvalue weighted by atomic mass is 10.2. The van der Waals surface area contributed by atoms with Crippen molar-refractivity contribution in [3.05, 3.63) is 60.7 Å². The second kappa shape index (κ2) is 9.68. The highest BCUT2D eigenvalue weighted by molar-refractivity contribution is 5.84. The molecule has 1 aliphatic heterocycles. The minimum absolute atomic E-state index is 0.380. The maximum Gasteiger partial charge on any atom is 0.229 e. The van der Waals surface area contributed by atoms with Crippen molar-refractivity contribution in [2.24, 2.45) is 0 Å². The number of nitrogens with zero attached hydrogens (tertiary/aromatic N) is 5. The molecule has 2 aromatic carbocycles. The Kier molecular flexibility index (Phi) is 6.32. The first-order valence-corrected chi connectivity index (χ1v) is 11.7. The molecule has 2 aromatic heterocycles. The number of hydrogen-bond acceptors (Lipinski definition) is 7. The van der Waals surface area contributed by atoms with Gasteiger partial charge in [-0.1, -0.05) is 55.5 Å². The zero-order valence-corrected chi connectivity index (χ0v) is 19.2. The molecule has 0 spiro atoms. The summed E-state index contributed by atoms with van der Waals surface area (Å²) in [5.74, 6) is 1.88. The fourth-order valence-electron chi connectivity index (χ4n) is 4.26. The summed E-state index contributed by atoms with van der Waals surface area (Å²) in [5.41, 5.74) is 3.03. The Morgan fingerprint density at radius 2 is 1.55 bits per heavy atom. The van der Waals surface area contributed by atoms with E-state index < -0.39 is 0 Å². The Bertz CT molecular complexity index is 1190. The van der Waals surface area contributed by atoms with Crippen LogP contribution in [-0.4, -0.2) is 70.1 Å². The minimum Gasteiger partial charge on any atom is -0.430 e. The maximum absolute atomic E-state index is 6.16. The van der Waals surface area contributed by atoms with Crippen molar-refractivity contribution in [2.45, 2.75) is 19.9 Å². The van der Waals surface area contributed by atoms with Crippen LogP contribution < -0.4 is 5.32 Å². The molecule has 0 amide bonds. The van der Waals surface area contributed by atoms with Gasteiger partial charge in [0.05, 0.1) is 0 Å². The predicted molar refractivity (Wildman–Crippen MR) is 132 cm³/mol. The van der Waals surface area contributed by atoms with Gasteiger partial charge in [-0.05, 0) is 25.6 Å². The zero-order valence-electron chi connectivity index (χ0n) is 19.2. The molecule has 1 N–H and O–H groups in total. The number of likely N-dealkylation sites (N-methyl/N-ethyl adjacent to an activating group) is 1. The van der Waals surface area contributed by atoms with Crippen molar-refractivity contribution < 1.29 is 4.42 Å². The lowest BCUT2D eigenvalue weighted by Crippen LogP contribution is -2.51. The molecule has 5 rings (SSSR count). The number of rotatable bonds is 7. The molecule has 1 aliphatic rings. The van der Waals surface area contributed by atoms with Crippen molar-refractivity contribution in [3.63, 3.8) is 0 Å². The van der Waals surface area contributed by atoms with Gasteiger partial charge in [0.25, 0.3) is 0 Å². The fraction of sp³-hybridized carbons (Fsp3) is 0.346. The average molecular weight is 443 g/mol. The number of aromatic nitrogens is 3. The molecule has 0 unspecified atom stereocenters. The second-order valence-electron chi connectivity index (χ2n) is 8.50. The van der Waals surface area contributed by atoms with Crippen LogP contribution in [0.2, 0.25) is 0 Å². The van der Waals surface area contributed by atoms with E-state index in [1.54, 1.807) is 0 Å². The molecule has 1 saturated heterocycles. The van der Waals surface area contributed by atoms with Gasteiger partial charge in [-0.15, -0.1) is 0 Å². The largest absolute Gasteiger partial charge is 0.430 e. The lowest BCUT2D eigenvalue weighted by molar-refractivity contribution is 0.110. The van der Waals surface area contributed by atoms with Crippen LogP contribution in [0.15, 0.2) is 65.1 Å². The van der Waals surface area contributed by atoms with E-state index in [9.17, 15) is 0 Å². The number of oxazole rings is 1. The summed E-state index contributed by atoms with van der Waals surface area (Å²) in [6.07, 6.45) is 0. The van der Waals surface area contributed by atoms with Gasteiger partial charge in [-0.3, -0.25) is 4.90 Å². The van der Waals surface area contributed by atoms with Gasteiger partial charge in [-0.2, -0.15) is 4.98 Å². The zero-order chi connectivity index (χ0) is 22.6. The molecule has 3 heterocycles. The summed E-state index contributed by atoms with van der Waals surface area (Å²) in [5, 5.41) is 3.54. The molecule has 1 atom stereocenters. The second-order valence-corrected chi connectivity index (χ2v) is 8.50. The number of fused-ring (bicyclic) bond motifs is 1. The monoisotopic (exact) mass is 442 g/mol. The quantitative estimate of drug-likeness (QED) is 0.455. The molecular weight excluding hydrogens is 412 g/mol. The first kappa shape index (κ1) is 21.6. The number of nitrogens with one attached hydrogen (secondary N) is 1. The Morgan fingerprint density at radius 3 is 2.21 bits per heavy atom. The van der Waals surface area contributed by atoms with Gasteiger partial charge in [-0.25, -0.2) is 9.97 Å². The van der Waals surface area contributed by atoms with E-state index in [2.05, 4.69) is 29.0 Å². The number of hydrogen-bond donors (Lipinski definition) is 1. The Morgan fingerprint density at radius 1 is 0.879 bits per heavy atom. The van der Waals surface area contributed by atoms with Crippen LogP contribution in [0.1, 0.15) is 13.8 Å². The average Bonchev–Trinajstić information content (AvgIpc) is 3.33. The van der Waals surface area contributed by atoms with E-state index in [1.165, 1.54) is 0 Å². The molecule has 0 radical (unpaired) electrons. The van der Waals surface area contributed by atoms with Gasteiger partial charge in [0.2, 0.25) is 17.1 Å². The molecule has 33 heavy (non-hydrogen) atoms. The van der Waals surface area contributed by atoms with Crippen molar-refractivity contribution in [3.8, 4) is 22.8 Å². The van der Waals surface area contributed by atoms with Gasteiger partial charge >= 0.3 is 0 Å². The van der Waals surface area contributed by atoms with Gasteiger partial charge in [0.1, 0.15) is 0 Å². The molecule has 0 bridgehead atoms. The highest BCUT2D eigenvalue weighted by atomic mass is 16.3. The standard InChI is InChI=1S/C26H30N6O/c1-3-31-14-16-32(17-15-31)19(2)18-27-24-22-25(29-23(28-24)20-10-6-4-7-11-20)30-26(33-22)21-12-8-5-9-13-21/h4-13,19H,3,14-18H2,1-2H3,(H,27,28,29)/t19-/m0/s1. The van der Waals surface area contributed by atoms with Gasteiger partial charge < -0.3 is 14.6 Å². The van der Waals surface area contributed by atoms with Crippen molar-refractivity contribution in [1.82, 2.24) is 24.8 Å². The predicted octanol–water partition coefficient (Wildman–Crippen LogP) is 4.39. The third kappa shape index (κ3) is 4.74. The third-order valence-electron chi connectivity index (χ3n) is 6.35. The van der Waals surface area contributed by atoms with Crippen LogP contribution in [-0.2, 0) is 0 Å². The van der Waals surface area contributed by atoms with E-state index in [-0.39, 0.29) is 0 Å². The number of anilines is 1. The summed E-state index contributed by atoms with van der Waals surface area (Å²) in [6.45, 7) is 10.8. The molecule has 1 fully saturated rings. The van der Waals surface area contributed by atoms with Crippen LogP contribution in [0.5, 0.6) is 0 Å². The van der Waals surface area contributed by atoms with E-state index in [4.69, 9.17) is 19.4 Å². The van der Waals surface area contributed by atoms with Crippen LogP contribution in [0.25, 0.3) is 34.1 Å². The Labute approximate surface area is 194 Å². The first-order chi connectivity index (χ1) is 16.2. The van der Waals surface area contributed by atoms with Crippen molar-refractivity contribution in [2.75, 3.05) is 44.6 Å². The van der Waals surface area contributed by atoms with Gasteiger partial charge in [0, 0.05) is 49.9 Å². The summed E-state index contributed by atoms with van der Waals surface area (Å²) in [6, 6.07) is 20.3. The highest BCUT2D eigenvalue weighted by Crippen LogP contribution is 2.29. The van der Waals surface area contributed by atoms with E-state index in [0.717, 1.165) is 50.4 Å². The third-order valence-corrected chi connectivity index (χ3v) is 6.35. The molecule has 4 aromatic rings. The van der Waals surface area contributed by atoms with E-state index in [1.807, 2.05) is 60.7 Å². The smallest absolute Gasteiger partial charge is 0.229 e. The van der Waals surface area contributed by atoms with E-state index >= 15 is 0 Å². The minimum atomic E-state index is 0.380. The first-order valence-electron chi connectivity index (χ1n) is 11.7. The van der Waals surface area contributed by atoms with Crippen molar-refractivity contribution >= 4 is 17.0 Å². The highest BCUT2D eigenvalue weighted by Gasteiger charge is 2.22. The molecule has 0 saturated carbocycles. The molecule has 7 heteroatoms. The van der Waals surface area contributed by atoms with Crippen LogP contribution in [0.3, 0.4) is 0 Å². The normalized spacial score (nSPS) is 16.2. The number of piperazine rings is 1. The lowest BCUT2D eigenvalue weighted by Gasteiger charge is -2.37. The van der Waals surface area contributed by atoms with Crippen molar-refractivity contribution in [1.29, 1.82) is 0 Å². The van der Waals surface area contributed by atoms with Crippen LogP contribution >= 0.6 is 0 Å². The van der Waals surface area contributed by atoms with Crippen LogP contribution in [0.4, 0.5) is 5.82 Å². The fourth-order valence-corrected chi connectivity index (χ4v) is 4.26. The number of benzene rings is 2. The maximum atomic E-state index is 6.16. The molecule has 0 aliphatic carbocycles.